The van der Waals surface area contributed by atoms with Gasteiger partial charge in [0.15, 0.2) is 5.75 Å². The van der Waals surface area contributed by atoms with Gasteiger partial charge in [-0.1, -0.05) is 13.3 Å². The van der Waals surface area contributed by atoms with Crippen molar-refractivity contribution in [1.29, 1.82) is 0 Å². The number of aryl methyl sites for hydroxylation is 1. The Morgan fingerprint density at radius 3 is 2.69 bits per heavy atom. The molecule has 0 bridgehead atoms. The molecule has 0 aliphatic rings. The molecule has 16 heavy (non-hydrogen) atoms. The molecule has 1 heterocycles. The van der Waals surface area contributed by atoms with E-state index < -0.39 is 6.10 Å². The predicted molar refractivity (Wildman–Crippen MR) is 60.4 cm³/mol. The van der Waals surface area contributed by atoms with Crippen molar-refractivity contribution in [1.82, 2.24) is 9.78 Å². The standard InChI is InChI=1S/C11H20N2O3/c1-5-6-8(15-3)11(14)10-9(16-4)7-12-13(10)2/h7-8,11,14H,5-6H2,1-4H3. The number of aromatic nitrogens is 2. The summed E-state index contributed by atoms with van der Waals surface area (Å²) in [4.78, 5) is 0. The van der Waals surface area contributed by atoms with E-state index in [0.717, 1.165) is 12.8 Å². The van der Waals surface area contributed by atoms with E-state index in [-0.39, 0.29) is 6.10 Å². The van der Waals surface area contributed by atoms with Gasteiger partial charge in [0, 0.05) is 14.2 Å². The Morgan fingerprint density at radius 2 is 2.19 bits per heavy atom. The molecule has 0 saturated carbocycles. The number of ether oxygens (including phenoxy) is 2. The molecule has 1 aromatic rings. The van der Waals surface area contributed by atoms with Gasteiger partial charge < -0.3 is 14.6 Å². The maximum atomic E-state index is 10.2. The third-order valence-corrected chi connectivity index (χ3v) is 2.68. The number of aliphatic hydroxyl groups is 1. The van der Waals surface area contributed by atoms with Gasteiger partial charge in [0.05, 0.1) is 19.4 Å². The van der Waals surface area contributed by atoms with Gasteiger partial charge in [0.25, 0.3) is 0 Å². The largest absolute Gasteiger partial charge is 0.493 e. The summed E-state index contributed by atoms with van der Waals surface area (Å²) < 4.78 is 12.1. The zero-order valence-corrected chi connectivity index (χ0v) is 10.3. The van der Waals surface area contributed by atoms with Gasteiger partial charge in [-0.2, -0.15) is 5.10 Å². The van der Waals surface area contributed by atoms with Crippen LogP contribution in [0.25, 0.3) is 0 Å². The minimum atomic E-state index is -0.715. The van der Waals surface area contributed by atoms with Crippen LogP contribution in [0.4, 0.5) is 0 Å². The predicted octanol–water partition coefficient (Wildman–Crippen LogP) is 1.28. The average Bonchev–Trinajstić information content (AvgIpc) is 2.66. The highest BCUT2D eigenvalue weighted by molar-refractivity contribution is 5.27. The van der Waals surface area contributed by atoms with Crippen molar-refractivity contribution in [3.05, 3.63) is 11.9 Å². The van der Waals surface area contributed by atoms with E-state index in [2.05, 4.69) is 12.0 Å². The Balaban J connectivity index is 2.92. The molecule has 1 rings (SSSR count). The minimum Gasteiger partial charge on any atom is -0.493 e. The van der Waals surface area contributed by atoms with E-state index in [1.165, 1.54) is 0 Å². The summed E-state index contributed by atoms with van der Waals surface area (Å²) in [6.07, 6.45) is 2.40. The Kier molecular flexibility index (Phi) is 4.76. The molecule has 2 atom stereocenters. The van der Waals surface area contributed by atoms with Gasteiger partial charge in [-0.25, -0.2) is 0 Å². The molecule has 0 radical (unpaired) electrons. The zero-order valence-electron chi connectivity index (χ0n) is 10.3. The molecule has 0 spiro atoms. The van der Waals surface area contributed by atoms with Crippen molar-refractivity contribution in [2.75, 3.05) is 14.2 Å². The van der Waals surface area contributed by atoms with Crippen LogP contribution in [-0.2, 0) is 11.8 Å². The Morgan fingerprint density at radius 1 is 1.50 bits per heavy atom. The van der Waals surface area contributed by atoms with E-state index in [9.17, 15) is 5.11 Å². The molecule has 2 unspecified atom stereocenters. The van der Waals surface area contributed by atoms with Crippen molar-refractivity contribution >= 4 is 0 Å². The molecule has 0 saturated heterocycles. The molecule has 0 aliphatic carbocycles. The summed E-state index contributed by atoms with van der Waals surface area (Å²) in [5, 5.41) is 14.3. The average molecular weight is 228 g/mol. The fourth-order valence-electron chi connectivity index (χ4n) is 1.79. The van der Waals surface area contributed by atoms with Gasteiger partial charge >= 0.3 is 0 Å². The van der Waals surface area contributed by atoms with E-state index in [0.29, 0.717) is 11.4 Å². The quantitative estimate of drug-likeness (QED) is 0.796. The van der Waals surface area contributed by atoms with Crippen LogP contribution in [0.2, 0.25) is 0 Å². The monoisotopic (exact) mass is 228 g/mol. The summed E-state index contributed by atoms with van der Waals surface area (Å²) >= 11 is 0. The molecule has 0 aliphatic heterocycles. The molecule has 0 fully saturated rings. The van der Waals surface area contributed by atoms with Gasteiger partial charge in [-0.15, -0.1) is 0 Å². The van der Waals surface area contributed by atoms with Crippen LogP contribution in [0.3, 0.4) is 0 Å². The third-order valence-electron chi connectivity index (χ3n) is 2.68. The highest BCUT2D eigenvalue weighted by Crippen LogP contribution is 2.29. The number of methoxy groups -OCH3 is 2. The van der Waals surface area contributed by atoms with Crippen molar-refractivity contribution in [3.8, 4) is 5.75 Å². The fraction of sp³-hybridized carbons (Fsp3) is 0.727. The molecule has 0 aromatic carbocycles. The second kappa shape index (κ2) is 5.86. The zero-order chi connectivity index (χ0) is 12.1. The van der Waals surface area contributed by atoms with Crippen molar-refractivity contribution in [3.63, 3.8) is 0 Å². The van der Waals surface area contributed by atoms with Gasteiger partial charge in [0.2, 0.25) is 0 Å². The second-order valence-electron chi connectivity index (χ2n) is 3.73. The first-order valence-corrected chi connectivity index (χ1v) is 5.42. The molecule has 5 nitrogen and oxygen atoms in total. The maximum Gasteiger partial charge on any atom is 0.162 e. The van der Waals surface area contributed by atoms with Crippen LogP contribution >= 0.6 is 0 Å². The van der Waals surface area contributed by atoms with Crippen LogP contribution in [0.1, 0.15) is 31.6 Å². The van der Waals surface area contributed by atoms with E-state index >= 15 is 0 Å². The molecule has 92 valence electrons. The van der Waals surface area contributed by atoms with Gasteiger partial charge in [-0.3, -0.25) is 4.68 Å². The number of rotatable bonds is 6. The van der Waals surface area contributed by atoms with E-state index in [4.69, 9.17) is 9.47 Å². The van der Waals surface area contributed by atoms with Crippen LogP contribution in [0, 0.1) is 0 Å². The molecule has 1 aromatic heterocycles. The lowest BCUT2D eigenvalue weighted by atomic mass is 10.1. The number of hydrogen-bond acceptors (Lipinski definition) is 4. The minimum absolute atomic E-state index is 0.228. The van der Waals surface area contributed by atoms with Crippen molar-refractivity contribution in [2.24, 2.45) is 7.05 Å². The highest BCUT2D eigenvalue weighted by atomic mass is 16.5. The lowest BCUT2D eigenvalue weighted by molar-refractivity contribution is -0.0226. The maximum absolute atomic E-state index is 10.2. The van der Waals surface area contributed by atoms with Crippen LogP contribution in [0.15, 0.2) is 6.20 Å². The van der Waals surface area contributed by atoms with Crippen molar-refractivity contribution in [2.45, 2.75) is 32.0 Å². The van der Waals surface area contributed by atoms with E-state index in [1.54, 1.807) is 32.1 Å². The highest BCUT2D eigenvalue weighted by Gasteiger charge is 2.26. The summed E-state index contributed by atoms with van der Waals surface area (Å²) in [6, 6.07) is 0. The first-order chi connectivity index (χ1) is 7.65. The second-order valence-corrected chi connectivity index (χ2v) is 3.73. The third kappa shape index (κ3) is 2.54. The molecular weight excluding hydrogens is 208 g/mol. The fourth-order valence-corrected chi connectivity index (χ4v) is 1.79. The lowest BCUT2D eigenvalue weighted by Gasteiger charge is -2.21. The Hall–Kier alpha value is -1.07. The normalized spacial score (nSPS) is 14.8. The van der Waals surface area contributed by atoms with Crippen LogP contribution in [0.5, 0.6) is 5.75 Å². The lowest BCUT2D eigenvalue weighted by Crippen LogP contribution is -2.23. The summed E-state index contributed by atoms with van der Waals surface area (Å²) in [6.45, 7) is 2.05. The molecule has 5 heteroatoms. The number of aliphatic hydroxyl groups excluding tert-OH is 1. The number of hydrogen-bond donors (Lipinski definition) is 1. The van der Waals surface area contributed by atoms with E-state index in [1.807, 2.05) is 0 Å². The summed E-state index contributed by atoms with van der Waals surface area (Å²) in [7, 11) is 4.95. The number of nitrogens with zero attached hydrogens (tertiary/aromatic N) is 2. The van der Waals surface area contributed by atoms with Gasteiger partial charge in [0.1, 0.15) is 11.8 Å². The smallest absolute Gasteiger partial charge is 0.162 e. The SMILES string of the molecule is CCCC(OC)C(O)c1c(OC)cnn1C. The van der Waals surface area contributed by atoms with Crippen LogP contribution in [-0.4, -0.2) is 35.2 Å². The Labute approximate surface area is 96.0 Å². The Bertz CT molecular complexity index is 325. The van der Waals surface area contributed by atoms with Gasteiger partial charge in [-0.05, 0) is 6.42 Å². The molecule has 1 N–H and O–H groups in total. The first kappa shape index (κ1) is 13.0. The summed E-state index contributed by atoms with van der Waals surface area (Å²) in [5.41, 5.74) is 0.655. The summed E-state index contributed by atoms with van der Waals surface area (Å²) in [5.74, 6) is 0.591. The molecular formula is C11H20N2O3. The van der Waals surface area contributed by atoms with Crippen molar-refractivity contribution < 1.29 is 14.6 Å². The topological polar surface area (TPSA) is 56.5 Å². The molecule has 0 amide bonds. The first-order valence-electron chi connectivity index (χ1n) is 5.42. The van der Waals surface area contributed by atoms with Crippen LogP contribution < -0.4 is 4.74 Å².